The number of halogens is 1. The number of anilines is 1. The van der Waals surface area contributed by atoms with Crippen LogP contribution in [0.3, 0.4) is 0 Å². The lowest BCUT2D eigenvalue weighted by molar-refractivity contribution is -0.139. The van der Waals surface area contributed by atoms with Gasteiger partial charge in [0.2, 0.25) is 11.1 Å². The van der Waals surface area contributed by atoms with E-state index >= 15 is 0 Å². The van der Waals surface area contributed by atoms with Crippen LogP contribution in [0.2, 0.25) is 5.02 Å². The van der Waals surface area contributed by atoms with E-state index < -0.39 is 6.04 Å². The van der Waals surface area contributed by atoms with Crippen LogP contribution in [-0.4, -0.2) is 33.9 Å². The highest BCUT2D eigenvalue weighted by molar-refractivity contribution is 7.98. The molecule has 1 unspecified atom stereocenters. The van der Waals surface area contributed by atoms with E-state index in [4.69, 9.17) is 31.2 Å². The average molecular weight is 513 g/mol. The molecule has 9 heteroatoms. The first-order chi connectivity index (χ1) is 17.0. The van der Waals surface area contributed by atoms with Gasteiger partial charge in [0.1, 0.15) is 11.8 Å². The summed E-state index contributed by atoms with van der Waals surface area (Å²) in [6.07, 6.45) is 1.61. The molecule has 1 aliphatic rings. The molecule has 0 spiro atoms. The van der Waals surface area contributed by atoms with Crippen LogP contribution in [0.5, 0.6) is 5.75 Å². The number of nitrogens with one attached hydrogen (secondary N) is 1. The largest absolute Gasteiger partial charge is 0.493 e. The quantitative estimate of drug-likeness (QED) is 0.254. The lowest BCUT2D eigenvalue weighted by Gasteiger charge is -2.29. The predicted molar refractivity (Wildman–Crippen MR) is 139 cm³/mol. The Balaban J connectivity index is 1.73. The summed E-state index contributed by atoms with van der Waals surface area (Å²) in [5.41, 5.74) is 3.02. The highest BCUT2D eigenvalue weighted by Crippen LogP contribution is 2.40. The molecule has 0 radical (unpaired) electrons. The Morgan fingerprint density at radius 2 is 1.86 bits per heavy atom. The van der Waals surface area contributed by atoms with Crippen LogP contribution in [0.15, 0.2) is 65.0 Å². The molecule has 4 rings (SSSR count). The van der Waals surface area contributed by atoms with Crippen LogP contribution in [0.25, 0.3) is 0 Å². The van der Waals surface area contributed by atoms with Crippen LogP contribution in [-0.2, 0) is 15.3 Å². The van der Waals surface area contributed by atoms with E-state index in [-0.39, 0.29) is 5.97 Å². The molecule has 0 amide bonds. The molecular weight excluding hydrogens is 484 g/mol. The predicted octanol–water partition coefficient (Wildman–Crippen LogP) is 6.25. The van der Waals surface area contributed by atoms with Crippen LogP contribution in [0, 0.1) is 0 Å². The van der Waals surface area contributed by atoms with Crippen molar-refractivity contribution in [3.8, 4) is 5.75 Å². The number of fused-ring (bicyclic) bond motifs is 1. The first-order valence-corrected chi connectivity index (χ1v) is 13.1. The first-order valence-electron chi connectivity index (χ1n) is 11.7. The van der Waals surface area contributed by atoms with Crippen molar-refractivity contribution in [1.82, 2.24) is 14.8 Å². The van der Waals surface area contributed by atoms with Crippen molar-refractivity contribution in [2.24, 2.45) is 0 Å². The molecule has 35 heavy (non-hydrogen) atoms. The molecular formula is C26H29ClN4O3S. The Labute approximate surface area is 214 Å². The number of allylic oxidation sites excluding steroid dienone is 1. The molecule has 0 fully saturated rings. The van der Waals surface area contributed by atoms with Gasteiger partial charge in [-0.3, -0.25) is 0 Å². The second-order valence-corrected chi connectivity index (χ2v) is 9.48. The van der Waals surface area contributed by atoms with Gasteiger partial charge in [-0.1, -0.05) is 73.6 Å². The van der Waals surface area contributed by atoms with Gasteiger partial charge in [-0.25, -0.2) is 9.48 Å². The fraction of sp³-hybridized carbons (Fsp3) is 0.346. The molecule has 1 N–H and O–H groups in total. The second kappa shape index (κ2) is 11.6. The maximum Gasteiger partial charge on any atom is 0.338 e. The number of esters is 1. The highest BCUT2D eigenvalue weighted by Gasteiger charge is 2.36. The Kier molecular flexibility index (Phi) is 8.36. The van der Waals surface area contributed by atoms with E-state index in [2.05, 4.69) is 12.2 Å². The Morgan fingerprint density at radius 1 is 1.11 bits per heavy atom. The van der Waals surface area contributed by atoms with Gasteiger partial charge in [-0.2, -0.15) is 4.98 Å². The number of rotatable bonds is 10. The summed E-state index contributed by atoms with van der Waals surface area (Å²) in [4.78, 5) is 17.9. The molecule has 2 heterocycles. The summed E-state index contributed by atoms with van der Waals surface area (Å²) >= 11 is 7.81. The van der Waals surface area contributed by atoms with Crippen molar-refractivity contribution in [2.75, 3.05) is 18.5 Å². The van der Waals surface area contributed by atoms with Gasteiger partial charge in [0, 0.05) is 22.0 Å². The molecule has 0 aliphatic carbocycles. The van der Waals surface area contributed by atoms with Crippen molar-refractivity contribution in [2.45, 2.75) is 50.6 Å². The third-order valence-electron chi connectivity index (χ3n) is 5.48. The Morgan fingerprint density at radius 3 is 2.63 bits per heavy atom. The van der Waals surface area contributed by atoms with Gasteiger partial charge in [0.05, 0.1) is 18.8 Å². The molecule has 1 aliphatic heterocycles. The van der Waals surface area contributed by atoms with Crippen LogP contribution < -0.4 is 10.1 Å². The van der Waals surface area contributed by atoms with Gasteiger partial charge < -0.3 is 14.8 Å². The van der Waals surface area contributed by atoms with E-state index in [9.17, 15) is 4.79 Å². The van der Waals surface area contributed by atoms with Crippen molar-refractivity contribution in [3.05, 3.63) is 76.0 Å². The van der Waals surface area contributed by atoms with Crippen molar-refractivity contribution in [3.63, 3.8) is 0 Å². The normalized spacial score (nSPS) is 14.9. The molecule has 184 valence electrons. The monoisotopic (exact) mass is 512 g/mol. The zero-order valence-electron chi connectivity index (χ0n) is 20.1. The molecule has 1 aromatic heterocycles. The average Bonchev–Trinajstić information content (AvgIpc) is 3.27. The van der Waals surface area contributed by atoms with Gasteiger partial charge in [0.15, 0.2) is 0 Å². The number of thioether (sulfide) groups is 1. The first kappa shape index (κ1) is 25.1. The van der Waals surface area contributed by atoms with E-state index in [1.54, 1.807) is 4.68 Å². The lowest BCUT2D eigenvalue weighted by Crippen LogP contribution is -2.30. The topological polar surface area (TPSA) is 78.3 Å². The zero-order valence-corrected chi connectivity index (χ0v) is 21.7. The van der Waals surface area contributed by atoms with Gasteiger partial charge in [0.25, 0.3) is 0 Å². The fourth-order valence-electron chi connectivity index (χ4n) is 3.82. The number of carbonyl (C=O) groups excluding carboxylic acids is 1. The van der Waals surface area contributed by atoms with Crippen LogP contribution in [0.1, 0.15) is 50.8 Å². The van der Waals surface area contributed by atoms with Crippen LogP contribution in [0.4, 0.5) is 5.95 Å². The Hall–Kier alpha value is -2.97. The summed E-state index contributed by atoms with van der Waals surface area (Å²) in [6.45, 7) is 6.81. The van der Waals surface area contributed by atoms with Crippen LogP contribution >= 0.6 is 23.4 Å². The third-order valence-corrected chi connectivity index (χ3v) is 6.74. The molecule has 0 saturated heterocycles. The second-order valence-electron chi connectivity index (χ2n) is 8.13. The summed E-state index contributed by atoms with van der Waals surface area (Å²) in [5.74, 6) is 1.52. The van der Waals surface area contributed by atoms with E-state index in [0.29, 0.717) is 52.1 Å². The number of nitrogens with zero attached hydrogens (tertiary/aromatic N) is 3. The minimum Gasteiger partial charge on any atom is -0.493 e. The van der Waals surface area contributed by atoms with Crippen molar-refractivity contribution < 1.29 is 14.3 Å². The van der Waals surface area contributed by atoms with E-state index in [1.807, 2.05) is 62.4 Å². The summed E-state index contributed by atoms with van der Waals surface area (Å²) in [6, 6.07) is 14.9. The van der Waals surface area contributed by atoms with Crippen molar-refractivity contribution in [1.29, 1.82) is 0 Å². The molecule has 7 nitrogen and oxygen atoms in total. The number of ether oxygens (including phenoxy) is 2. The molecule has 0 bridgehead atoms. The number of carbonyl (C=O) groups is 1. The Bertz CT molecular complexity index is 1230. The summed E-state index contributed by atoms with van der Waals surface area (Å²) in [7, 11) is 0. The molecule has 2 aromatic carbocycles. The van der Waals surface area contributed by atoms with Gasteiger partial charge in [-0.15, -0.1) is 5.10 Å². The standard InChI is InChI=1S/C26H29ClN4O3S/c1-4-14-33-21-13-9-7-11-19(21)23-22(24(32)34-15-5-2)17(3)28-25-29-26(30-31(23)25)35-16-18-10-6-8-12-20(18)27/h6-13,23H,4-5,14-16H2,1-3H3,(H,28,29,30). The maximum atomic E-state index is 13.2. The van der Waals surface area contributed by atoms with E-state index in [1.165, 1.54) is 11.8 Å². The number of hydrogen-bond donors (Lipinski definition) is 1. The molecule has 0 saturated carbocycles. The summed E-state index contributed by atoms with van der Waals surface area (Å²) in [5, 5.41) is 9.33. The minimum atomic E-state index is -0.536. The van der Waals surface area contributed by atoms with Crippen molar-refractivity contribution >= 4 is 35.3 Å². The van der Waals surface area contributed by atoms with Gasteiger partial charge in [-0.05, 0) is 37.5 Å². The number of aromatic nitrogens is 3. The summed E-state index contributed by atoms with van der Waals surface area (Å²) < 4.78 is 13.4. The molecule has 1 atom stereocenters. The van der Waals surface area contributed by atoms with E-state index in [0.717, 1.165) is 24.0 Å². The highest BCUT2D eigenvalue weighted by atomic mass is 35.5. The smallest absolute Gasteiger partial charge is 0.338 e. The fourth-order valence-corrected chi connectivity index (χ4v) is 4.94. The molecule has 3 aromatic rings. The number of hydrogen-bond acceptors (Lipinski definition) is 7. The van der Waals surface area contributed by atoms with Gasteiger partial charge >= 0.3 is 5.97 Å². The maximum absolute atomic E-state index is 13.2. The number of benzene rings is 2. The SMILES string of the molecule is CCCOC(=O)C1=C(C)Nc2nc(SCc3ccccc3Cl)nn2C1c1ccccc1OCCC. The zero-order chi connectivity index (χ0) is 24.8. The third kappa shape index (κ3) is 5.65. The lowest BCUT2D eigenvalue weighted by atomic mass is 9.95. The number of para-hydroxylation sites is 1. The minimum absolute atomic E-state index is 0.347.